The van der Waals surface area contributed by atoms with Crippen molar-refractivity contribution in [2.75, 3.05) is 20.5 Å². The van der Waals surface area contributed by atoms with Crippen LogP contribution in [0, 0.1) is 5.92 Å². The average molecular weight is 253 g/mol. The lowest BCUT2D eigenvalue weighted by atomic mass is 10.0. The van der Waals surface area contributed by atoms with Gasteiger partial charge >= 0.3 is 0 Å². The largest absolute Gasteiger partial charge is 0.359 e. The number of ether oxygens (including phenoxy) is 2. The summed E-state index contributed by atoms with van der Waals surface area (Å²) >= 11 is 3.56. The standard InChI is InChI=1S/C10H21BrO2/c1-9(7-10(2)11)5-4-6-13-8-12-3/h9-10H,4-8H2,1-3H3. The van der Waals surface area contributed by atoms with E-state index < -0.39 is 0 Å². The van der Waals surface area contributed by atoms with E-state index in [9.17, 15) is 0 Å². The Morgan fingerprint density at radius 2 is 2.00 bits per heavy atom. The van der Waals surface area contributed by atoms with Gasteiger partial charge in [0.05, 0.1) is 0 Å². The van der Waals surface area contributed by atoms with Crippen LogP contribution < -0.4 is 0 Å². The molecule has 80 valence electrons. The molecule has 2 atom stereocenters. The number of hydrogen-bond donors (Lipinski definition) is 0. The molecule has 2 nitrogen and oxygen atoms in total. The van der Waals surface area contributed by atoms with E-state index in [-0.39, 0.29) is 0 Å². The molecule has 0 saturated carbocycles. The molecule has 0 aromatic carbocycles. The topological polar surface area (TPSA) is 18.5 Å². The van der Waals surface area contributed by atoms with Gasteiger partial charge in [-0.25, -0.2) is 0 Å². The molecule has 0 N–H and O–H groups in total. The van der Waals surface area contributed by atoms with Crippen molar-refractivity contribution >= 4 is 15.9 Å². The molecule has 0 aromatic heterocycles. The molecule has 3 heteroatoms. The second kappa shape index (κ2) is 8.97. The summed E-state index contributed by atoms with van der Waals surface area (Å²) in [5.74, 6) is 0.778. The van der Waals surface area contributed by atoms with Gasteiger partial charge in [0.15, 0.2) is 0 Å². The third kappa shape index (κ3) is 10.3. The van der Waals surface area contributed by atoms with Crippen LogP contribution in [0.4, 0.5) is 0 Å². The van der Waals surface area contributed by atoms with Gasteiger partial charge in [-0.2, -0.15) is 0 Å². The number of halogens is 1. The van der Waals surface area contributed by atoms with E-state index in [1.54, 1.807) is 7.11 Å². The van der Waals surface area contributed by atoms with Crippen molar-refractivity contribution < 1.29 is 9.47 Å². The van der Waals surface area contributed by atoms with Gasteiger partial charge in [-0.15, -0.1) is 0 Å². The van der Waals surface area contributed by atoms with Crippen LogP contribution in [0.15, 0.2) is 0 Å². The average Bonchev–Trinajstić information content (AvgIpc) is 2.02. The molecule has 0 aromatic rings. The first-order chi connectivity index (χ1) is 6.16. The molecule has 0 radical (unpaired) electrons. The van der Waals surface area contributed by atoms with Crippen molar-refractivity contribution in [1.29, 1.82) is 0 Å². The van der Waals surface area contributed by atoms with Crippen molar-refractivity contribution in [2.24, 2.45) is 5.92 Å². The fourth-order valence-corrected chi connectivity index (χ4v) is 1.99. The van der Waals surface area contributed by atoms with Crippen LogP contribution >= 0.6 is 15.9 Å². The zero-order valence-electron chi connectivity index (χ0n) is 8.88. The van der Waals surface area contributed by atoms with Crippen LogP contribution in [0.2, 0.25) is 0 Å². The number of alkyl halides is 1. The summed E-state index contributed by atoms with van der Waals surface area (Å²) in [6, 6.07) is 0. The Bertz CT molecular complexity index is 107. The summed E-state index contributed by atoms with van der Waals surface area (Å²) < 4.78 is 9.99. The van der Waals surface area contributed by atoms with Crippen LogP contribution in [0.3, 0.4) is 0 Å². The summed E-state index contributed by atoms with van der Waals surface area (Å²) in [7, 11) is 1.65. The Morgan fingerprint density at radius 1 is 1.31 bits per heavy atom. The van der Waals surface area contributed by atoms with E-state index in [2.05, 4.69) is 29.8 Å². The highest BCUT2D eigenvalue weighted by Crippen LogP contribution is 2.16. The van der Waals surface area contributed by atoms with Crippen molar-refractivity contribution in [3.63, 3.8) is 0 Å². The first-order valence-electron chi connectivity index (χ1n) is 4.87. The lowest BCUT2D eigenvalue weighted by molar-refractivity contribution is -0.0322. The number of rotatable bonds is 8. The minimum absolute atomic E-state index is 0.420. The van der Waals surface area contributed by atoms with E-state index >= 15 is 0 Å². The second-order valence-electron chi connectivity index (χ2n) is 3.58. The minimum Gasteiger partial charge on any atom is -0.359 e. The molecule has 13 heavy (non-hydrogen) atoms. The smallest absolute Gasteiger partial charge is 0.146 e. The summed E-state index contributed by atoms with van der Waals surface area (Å²) in [6.45, 7) is 5.71. The maximum absolute atomic E-state index is 5.20. The van der Waals surface area contributed by atoms with Crippen LogP contribution in [0.5, 0.6) is 0 Å². The van der Waals surface area contributed by atoms with E-state index in [4.69, 9.17) is 9.47 Å². The highest BCUT2D eigenvalue weighted by molar-refractivity contribution is 9.09. The number of methoxy groups -OCH3 is 1. The van der Waals surface area contributed by atoms with Crippen molar-refractivity contribution in [3.8, 4) is 0 Å². The maximum atomic E-state index is 5.20. The van der Waals surface area contributed by atoms with Crippen LogP contribution in [0.1, 0.15) is 33.1 Å². The SMILES string of the molecule is COCOCCCC(C)CC(C)Br. The van der Waals surface area contributed by atoms with Crippen LogP contribution in [0.25, 0.3) is 0 Å². The molecule has 0 saturated heterocycles. The van der Waals surface area contributed by atoms with E-state index in [1.165, 1.54) is 12.8 Å². The predicted octanol–water partition coefficient (Wildman–Crippen LogP) is 3.20. The molecule has 0 aliphatic carbocycles. The first kappa shape index (κ1) is 13.4. The molecular formula is C10H21BrO2. The van der Waals surface area contributed by atoms with Crippen molar-refractivity contribution in [1.82, 2.24) is 0 Å². The Balaban J connectivity index is 3.12. The Labute approximate surface area is 90.1 Å². The Morgan fingerprint density at radius 3 is 2.54 bits per heavy atom. The summed E-state index contributed by atoms with van der Waals surface area (Å²) in [5.41, 5.74) is 0. The molecule has 0 rings (SSSR count). The second-order valence-corrected chi connectivity index (χ2v) is 5.14. The Hall–Kier alpha value is 0.400. The van der Waals surface area contributed by atoms with Gasteiger partial charge in [-0.05, 0) is 25.2 Å². The molecule has 0 heterocycles. The molecule has 0 bridgehead atoms. The van der Waals surface area contributed by atoms with E-state index in [0.717, 1.165) is 18.9 Å². The zero-order chi connectivity index (χ0) is 10.1. The van der Waals surface area contributed by atoms with Crippen LogP contribution in [-0.4, -0.2) is 25.3 Å². The van der Waals surface area contributed by atoms with Gasteiger partial charge in [0.2, 0.25) is 0 Å². The lowest BCUT2D eigenvalue weighted by Gasteiger charge is -2.12. The minimum atomic E-state index is 0.420. The molecule has 0 spiro atoms. The Kier molecular flexibility index (Phi) is 9.25. The molecule has 0 fully saturated rings. The summed E-state index contributed by atoms with van der Waals surface area (Å²) in [5, 5.41) is 0. The normalized spacial score (nSPS) is 15.7. The molecule has 0 amide bonds. The monoisotopic (exact) mass is 252 g/mol. The molecule has 0 aliphatic rings. The van der Waals surface area contributed by atoms with Gasteiger partial charge in [0.1, 0.15) is 6.79 Å². The highest BCUT2D eigenvalue weighted by atomic mass is 79.9. The van der Waals surface area contributed by atoms with E-state index in [1.807, 2.05) is 0 Å². The van der Waals surface area contributed by atoms with Gasteiger partial charge in [0, 0.05) is 18.5 Å². The van der Waals surface area contributed by atoms with Crippen LogP contribution in [-0.2, 0) is 9.47 Å². The third-order valence-corrected chi connectivity index (χ3v) is 2.29. The molecule has 2 unspecified atom stereocenters. The molecule has 0 aliphatic heterocycles. The highest BCUT2D eigenvalue weighted by Gasteiger charge is 2.05. The quantitative estimate of drug-likeness (QED) is 0.375. The van der Waals surface area contributed by atoms with Gasteiger partial charge in [-0.3, -0.25) is 0 Å². The third-order valence-electron chi connectivity index (χ3n) is 1.91. The fraction of sp³-hybridized carbons (Fsp3) is 1.00. The summed E-state index contributed by atoms with van der Waals surface area (Å²) in [6.07, 6.45) is 3.61. The zero-order valence-corrected chi connectivity index (χ0v) is 10.5. The summed E-state index contributed by atoms with van der Waals surface area (Å²) in [4.78, 5) is 0.627. The van der Waals surface area contributed by atoms with Crippen molar-refractivity contribution in [2.45, 2.75) is 37.9 Å². The first-order valence-corrected chi connectivity index (χ1v) is 5.79. The number of hydrogen-bond acceptors (Lipinski definition) is 2. The van der Waals surface area contributed by atoms with Gasteiger partial charge < -0.3 is 9.47 Å². The predicted molar refractivity (Wildman–Crippen MR) is 59.2 cm³/mol. The van der Waals surface area contributed by atoms with Gasteiger partial charge in [-0.1, -0.05) is 29.8 Å². The van der Waals surface area contributed by atoms with Crippen molar-refractivity contribution in [3.05, 3.63) is 0 Å². The molecular weight excluding hydrogens is 232 g/mol. The van der Waals surface area contributed by atoms with E-state index in [0.29, 0.717) is 11.6 Å². The fourth-order valence-electron chi connectivity index (χ4n) is 1.35. The lowest BCUT2D eigenvalue weighted by Crippen LogP contribution is -2.04. The van der Waals surface area contributed by atoms with Gasteiger partial charge in [0.25, 0.3) is 0 Å². The maximum Gasteiger partial charge on any atom is 0.146 e.